The van der Waals surface area contributed by atoms with Crippen molar-refractivity contribution >= 4 is 0 Å². The highest BCUT2D eigenvalue weighted by molar-refractivity contribution is 5.11. The van der Waals surface area contributed by atoms with Crippen molar-refractivity contribution in [1.82, 2.24) is 0 Å². The van der Waals surface area contributed by atoms with Crippen molar-refractivity contribution in [3.05, 3.63) is 11.6 Å². The lowest BCUT2D eigenvalue weighted by molar-refractivity contribution is 0.366. The molecule has 0 heteroatoms. The first-order valence-corrected chi connectivity index (χ1v) is 7.37. The standard InChI is InChI=1S/C16H26/c1-12-9-13(2)14(10-12)5-6-15-11-16(15)7-3-4-8-16/h9,13-15H,3-8,10-11H2,1-2H3/t13-,14?,15?/m1/s1. The van der Waals surface area contributed by atoms with Gasteiger partial charge in [-0.25, -0.2) is 0 Å². The van der Waals surface area contributed by atoms with E-state index in [1.165, 1.54) is 32.1 Å². The van der Waals surface area contributed by atoms with Crippen LogP contribution in [0.4, 0.5) is 0 Å². The van der Waals surface area contributed by atoms with Crippen LogP contribution >= 0.6 is 0 Å². The first kappa shape index (κ1) is 10.9. The number of hydrogen-bond acceptors (Lipinski definition) is 0. The van der Waals surface area contributed by atoms with E-state index in [0.717, 1.165) is 23.2 Å². The van der Waals surface area contributed by atoms with Crippen molar-refractivity contribution in [2.24, 2.45) is 23.2 Å². The summed E-state index contributed by atoms with van der Waals surface area (Å²) in [5.41, 5.74) is 2.52. The molecule has 0 radical (unpaired) electrons. The van der Waals surface area contributed by atoms with Crippen molar-refractivity contribution in [1.29, 1.82) is 0 Å². The number of hydrogen-bond donors (Lipinski definition) is 0. The lowest BCUT2D eigenvalue weighted by Crippen LogP contribution is -2.06. The molecule has 16 heavy (non-hydrogen) atoms. The summed E-state index contributed by atoms with van der Waals surface area (Å²) in [4.78, 5) is 0. The second kappa shape index (κ2) is 3.89. The normalized spacial score (nSPS) is 40.4. The van der Waals surface area contributed by atoms with Crippen LogP contribution in [-0.4, -0.2) is 0 Å². The van der Waals surface area contributed by atoms with Gasteiger partial charge in [0, 0.05) is 0 Å². The van der Waals surface area contributed by atoms with E-state index in [4.69, 9.17) is 0 Å². The van der Waals surface area contributed by atoms with E-state index in [-0.39, 0.29) is 0 Å². The van der Waals surface area contributed by atoms with E-state index in [1.54, 1.807) is 24.8 Å². The van der Waals surface area contributed by atoms with Gasteiger partial charge in [-0.1, -0.05) is 31.4 Å². The maximum Gasteiger partial charge on any atom is -0.0228 e. The van der Waals surface area contributed by atoms with E-state index in [0.29, 0.717) is 0 Å². The van der Waals surface area contributed by atoms with Crippen molar-refractivity contribution in [3.63, 3.8) is 0 Å². The van der Waals surface area contributed by atoms with E-state index in [2.05, 4.69) is 19.9 Å². The lowest BCUT2D eigenvalue weighted by Gasteiger charge is -2.16. The summed E-state index contributed by atoms with van der Waals surface area (Å²) in [5.74, 6) is 2.97. The highest BCUT2D eigenvalue weighted by atomic mass is 14.6. The zero-order valence-electron chi connectivity index (χ0n) is 11.0. The summed E-state index contributed by atoms with van der Waals surface area (Å²) < 4.78 is 0. The predicted octanol–water partition coefficient (Wildman–Crippen LogP) is 4.95. The van der Waals surface area contributed by atoms with E-state index < -0.39 is 0 Å². The molecule has 1 spiro atoms. The molecule has 0 bridgehead atoms. The largest absolute Gasteiger partial charge is 0.0825 e. The summed E-state index contributed by atoms with van der Waals surface area (Å²) in [7, 11) is 0. The number of allylic oxidation sites excluding steroid dienone is 2. The third-order valence-electron chi connectivity index (χ3n) is 5.72. The first-order valence-electron chi connectivity index (χ1n) is 7.37. The minimum Gasteiger partial charge on any atom is -0.0825 e. The van der Waals surface area contributed by atoms with Crippen LogP contribution in [0.25, 0.3) is 0 Å². The molecule has 3 atom stereocenters. The van der Waals surface area contributed by atoms with Crippen LogP contribution in [0.5, 0.6) is 0 Å². The molecule has 3 aliphatic carbocycles. The summed E-state index contributed by atoms with van der Waals surface area (Å²) in [6, 6.07) is 0. The van der Waals surface area contributed by atoms with Gasteiger partial charge < -0.3 is 0 Å². The molecule has 90 valence electrons. The van der Waals surface area contributed by atoms with Crippen LogP contribution in [0.3, 0.4) is 0 Å². The summed E-state index contributed by atoms with van der Waals surface area (Å²) in [6.45, 7) is 4.73. The average molecular weight is 218 g/mol. The Morgan fingerprint density at radius 1 is 1.25 bits per heavy atom. The van der Waals surface area contributed by atoms with Crippen molar-refractivity contribution < 1.29 is 0 Å². The van der Waals surface area contributed by atoms with Gasteiger partial charge in [-0.05, 0) is 68.6 Å². The smallest absolute Gasteiger partial charge is 0.0228 e. The van der Waals surface area contributed by atoms with Gasteiger partial charge in [-0.3, -0.25) is 0 Å². The SMILES string of the molecule is CC1=C[C@@H](C)C(CCC2CC23CCCC3)C1. The zero-order valence-corrected chi connectivity index (χ0v) is 11.0. The maximum absolute atomic E-state index is 2.50. The topological polar surface area (TPSA) is 0 Å². The fraction of sp³-hybridized carbons (Fsp3) is 0.875. The Kier molecular flexibility index (Phi) is 2.64. The molecule has 3 aliphatic rings. The van der Waals surface area contributed by atoms with Crippen molar-refractivity contribution in [3.8, 4) is 0 Å². The molecule has 2 unspecified atom stereocenters. The fourth-order valence-corrected chi connectivity index (χ4v) is 4.56. The molecule has 2 saturated carbocycles. The Balaban J connectivity index is 1.45. The van der Waals surface area contributed by atoms with E-state index in [1.807, 2.05) is 0 Å². The van der Waals surface area contributed by atoms with Gasteiger partial charge in [0.15, 0.2) is 0 Å². The fourth-order valence-electron chi connectivity index (χ4n) is 4.56. The molecule has 3 rings (SSSR count). The first-order chi connectivity index (χ1) is 7.70. The van der Waals surface area contributed by atoms with Crippen LogP contribution in [0, 0.1) is 23.2 Å². The van der Waals surface area contributed by atoms with Gasteiger partial charge in [-0.15, -0.1) is 0 Å². The molecule has 0 aromatic carbocycles. The van der Waals surface area contributed by atoms with Gasteiger partial charge in [0.1, 0.15) is 0 Å². The third kappa shape index (κ3) is 1.85. The molecule has 0 aromatic heterocycles. The van der Waals surface area contributed by atoms with Gasteiger partial charge >= 0.3 is 0 Å². The number of rotatable bonds is 3. The molecular weight excluding hydrogens is 192 g/mol. The maximum atomic E-state index is 2.50. The minimum atomic E-state index is 0.860. The zero-order chi connectivity index (χ0) is 11.2. The van der Waals surface area contributed by atoms with Crippen LogP contribution < -0.4 is 0 Å². The molecular formula is C16H26. The lowest BCUT2D eigenvalue weighted by atomic mass is 9.89. The van der Waals surface area contributed by atoms with Crippen LogP contribution in [0.2, 0.25) is 0 Å². The summed E-state index contributed by atoms with van der Waals surface area (Å²) in [5, 5.41) is 0. The molecule has 0 amide bonds. The molecule has 2 fully saturated rings. The van der Waals surface area contributed by atoms with E-state index in [9.17, 15) is 0 Å². The molecule has 0 nitrogen and oxygen atoms in total. The summed E-state index contributed by atoms with van der Waals surface area (Å²) in [6.07, 6.45) is 14.7. The highest BCUT2D eigenvalue weighted by Crippen LogP contribution is 2.64. The molecule has 0 saturated heterocycles. The second-order valence-corrected chi connectivity index (χ2v) is 6.88. The Morgan fingerprint density at radius 3 is 2.62 bits per heavy atom. The van der Waals surface area contributed by atoms with Crippen LogP contribution in [0.15, 0.2) is 11.6 Å². The van der Waals surface area contributed by atoms with E-state index >= 15 is 0 Å². The molecule has 0 aliphatic heterocycles. The van der Waals surface area contributed by atoms with Gasteiger partial charge in [-0.2, -0.15) is 0 Å². The Bertz CT molecular complexity index is 293. The average Bonchev–Trinajstić information content (AvgIpc) is 2.56. The van der Waals surface area contributed by atoms with Gasteiger partial charge in [0.05, 0.1) is 0 Å². The Labute approximate surface area is 101 Å². The predicted molar refractivity (Wildman–Crippen MR) is 69.3 cm³/mol. The van der Waals surface area contributed by atoms with Crippen LogP contribution in [-0.2, 0) is 0 Å². The monoisotopic (exact) mass is 218 g/mol. The summed E-state index contributed by atoms with van der Waals surface area (Å²) >= 11 is 0. The second-order valence-electron chi connectivity index (χ2n) is 6.88. The molecule has 0 N–H and O–H groups in total. The molecule has 0 heterocycles. The van der Waals surface area contributed by atoms with Crippen LogP contribution in [0.1, 0.15) is 65.2 Å². The minimum absolute atomic E-state index is 0.860. The van der Waals surface area contributed by atoms with Crippen molar-refractivity contribution in [2.45, 2.75) is 65.2 Å². The quantitative estimate of drug-likeness (QED) is 0.588. The highest BCUT2D eigenvalue weighted by Gasteiger charge is 2.54. The Morgan fingerprint density at radius 2 is 2.00 bits per heavy atom. The Hall–Kier alpha value is -0.260. The molecule has 0 aromatic rings. The third-order valence-corrected chi connectivity index (χ3v) is 5.72. The van der Waals surface area contributed by atoms with Crippen molar-refractivity contribution in [2.75, 3.05) is 0 Å². The van der Waals surface area contributed by atoms with Gasteiger partial charge in [0.2, 0.25) is 0 Å². The van der Waals surface area contributed by atoms with Gasteiger partial charge in [0.25, 0.3) is 0 Å².